The first-order chi connectivity index (χ1) is 12.5. The van der Waals surface area contributed by atoms with Crippen LogP contribution in [0.5, 0.6) is 0 Å². The van der Waals surface area contributed by atoms with Crippen LogP contribution in [0.4, 0.5) is 0 Å². The van der Waals surface area contributed by atoms with Gasteiger partial charge >= 0.3 is 0 Å². The van der Waals surface area contributed by atoms with Crippen LogP contribution in [0.2, 0.25) is 0 Å². The van der Waals surface area contributed by atoms with Crippen molar-refractivity contribution in [1.29, 1.82) is 0 Å². The molecule has 0 saturated carbocycles. The maximum Gasteiger partial charge on any atom is 0.191 e. The van der Waals surface area contributed by atoms with Crippen molar-refractivity contribution in [2.75, 3.05) is 45.9 Å². The quantitative estimate of drug-likeness (QED) is 0.336. The maximum atomic E-state index is 5.44. The molecule has 1 aliphatic heterocycles. The van der Waals surface area contributed by atoms with Gasteiger partial charge in [-0.25, -0.2) is 0 Å². The van der Waals surface area contributed by atoms with Gasteiger partial charge in [0.05, 0.1) is 13.2 Å². The molecule has 154 valence electrons. The van der Waals surface area contributed by atoms with Crippen molar-refractivity contribution in [2.45, 2.75) is 40.2 Å². The van der Waals surface area contributed by atoms with Crippen molar-refractivity contribution in [3.63, 3.8) is 0 Å². The van der Waals surface area contributed by atoms with Gasteiger partial charge in [-0.3, -0.25) is 9.89 Å². The van der Waals surface area contributed by atoms with E-state index in [2.05, 4.69) is 73.6 Å². The number of aliphatic imine (C=N–C) groups is 1. The van der Waals surface area contributed by atoms with Crippen molar-refractivity contribution < 1.29 is 4.74 Å². The molecule has 1 saturated heterocycles. The smallest absolute Gasteiger partial charge is 0.191 e. The van der Waals surface area contributed by atoms with Gasteiger partial charge in [0, 0.05) is 38.8 Å². The van der Waals surface area contributed by atoms with Gasteiger partial charge < -0.3 is 15.4 Å². The number of hydrogen-bond donors (Lipinski definition) is 2. The van der Waals surface area contributed by atoms with Crippen LogP contribution in [-0.2, 0) is 11.2 Å². The molecule has 0 radical (unpaired) electrons. The summed E-state index contributed by atoms with van der Waals surface area (Å²) < 4.78 is 5.44. The van der Waals surface area contributed by atoms with Gasteiger partial charge in [-0.2, -0.15) is 0 Å². The van der Waals surface area contributed by atoms with E-state index in [-0.39, 0.29) is 29.4 Å². The summed E-state index contributed by atoms with van der Waals surface area (Å²) in [4.78, 5) is 7.32. The first-order valence-electron chi connectivity index (χ1n) is 9.88. The van der Waals surface area contributed by atoms with E-state index in [0.717, 1.165) is 58.3 Å². The summed E-state index contributed by atoms with van der Waals surface area (Å²) in [5, 5.41) is 6.88. The minimum atomic E-state index is 0. The standard InChI is InChI=1S/C21H36N4O.HI/c1-5-22-20(23-16-18(2)25-11-13-26-14-12-25)24-17-21(3,4)15-19-9-7-6-8-10-19;/h6-10,18H,5,11-17H2,1-4H3,(H2,22,23,24);1H. The van der Waals surface area contributed by atoms with Gasteiger partial charge in [0.25, 0.3) is 0 Å². The SMILES string of the molecule is CCNC(=NCC(C)(C)Cc1ccccc1)NCC(C)N1CCOCC1.I. The highest BCUT2D eigenvalue weighted by Crippen LogP contribution is 2.22. The van der Waals surface area contributed by atoms with Crippen LogP contribution >= 0.6 is 24.0 Å². The minimum Gasteiger partial charge on any atom is -0.379 e. The first-order valence-corrected chi connectivity index (χ1v) is 9.88. The Labute approximate surface area is 182 Å². The summed E-state index contributed by atoms with van der Waals surface area (Å²) >= 11 is 0. The molecule has 2 N–H and O–H groups in total. The number of nitrogens with one attached hydrogen (secondary N) is 2. The number of hydrogen-bond acceptors (Lipinski definition) is 3. The van der Waals surface area contributed by atoms with Crippen LogP contribution < -0.4 is 10.6 Å². The van der Waals surface area contributed by atoms with Crippen molar-refractivity contribution in [1.82, 2.24) is 15.5 Å². The van der Waals surface area contributed by atoms with Crippen LogP contribution in [0.1, 0.15) is 33.3 Å². The third-order valence-corrected chi connectivity index (χ3v) is 4.77. The number of rotatable bonds is 8. The third kappa shape index (κ3) is 9.25. The topological polar surface area (TPSA) is 48.9 Å². The Morgan fingerprint density at radius 1 is 1.19 bits per heavy atom. The minimum absolute atomic E-state index is 0. The van der Waals surface area contributed by atoms with Gasteiger partial charge in [-0.1, -0.05) is 44.2 Å². The number of morpholine rings is 1. The maximum absolute atomic E-state index is 5.44. The third-order valence-electron chi connectivity index (χ3n) is 4.77. The van der Waals surface area contributed by atoms with Crippen LogP contribution in [0.3, 0.4) is 0 Å². The van der Waals surface area contributed by atoms with E-state index in [4.69, 9.17) is 9.73 Å². The second kappa shape index (κ2) is 12.6. The molecule has 0 spiro atoms. The summed E-state index contributed by atoms with van der Waals surface area (Å²) in [5.74, 6) is 0.911. The summed E-state index contributed by atoms with van der Waals surface area (Å²) in [6.45, 7) is 15.2. The zero-order valence-corrected chi connectivity index (χ0v) is 19.7. The number of halogens is 1. The van der Waals surface area contributed by atoms with Crippen molar-refractivity contribution in [3.8, 4) is 0 Å². The number of benzene rings is 1. The fourth-order valence-corrected chi connectivity index (χ4v) is 3.23. The second-order valence-electron chi connectivity index (χ2n) is 7.90. The van der Waals surface area contributed by atoms with Gasteiger partial charge in [-0.05, 0) is 31.2 Å². The summed E-state index contributed by atoms with van der Waals surface area (Å²) in [6.07, 6.45) is 1.03. The Kier molecular flexibility index (Phi) is 11.3. The van der Waals surface area contributed by atoms with E-state index in [1.165, 1.54) is 5.56 Å². The van der Waals surface area contributed by atoms with Gasteiger partial charge in [0.15, 0.2) is 5.96 Å². The summed E-state index contributed by atoms with van der Waals surface area (Å²) in [5.41, 5.74) is 1.49. The molecule has 1 fully saturated rings. The highest BCUT2D eigenvalue weighted by atomic mass is 127. The van der Waals surface area contributed by atoms with Crippen molar-refractivity contribution >= 4 is 29.9 Å². The molecule has 27 heavy (non-hydrogen) atoms. The zero-order chi connectivity index (χ0) is 18.8. The first kappa shape index (κ1) is 24.2. The number of ether oxygens (including phenoxy) is 1. The van der Waals surface area contributed by atoms with Gasteiger partial charge in [0.2, 0.25) is 0 Å². The van der Waals surface area contributed by atoms with E-state index in [1.54, 1.807) is 0 Å². The molecule has 1 aromatic carbocycles. The molecule has 0 amide bonds. The Balaban J connectivity index is 0.00000364. The molecule has 0 aliphatic carbocycles. The lowest BCUT2D eigenvalue weighted by Gasteiger charge is -2.32. The van der Waals surface area contributed by atoms with Gasteiger partial charge in [0.1, 0.15) is 0 Å². The van der Waals surface area contributed by atoms with Gasteiger partial charge in [-0.15, -0.1) is 24.0 Å². The molecule has 2 rings (SSSR count). The second-order valence-corrected chi connectivity index (χ2v) is 7.90. The predicted octanol–water partition coefficient (Wildman–Crippen LogP) is 3.15. The highest BCUT2D eigenvalue weighted by molar-refractivity contribution is 14.0. The highest BCUT2D eigenvalue weighted by Gasteiger charge is 2.19. The molecule has 1 heterocycles. The Morgan fingerprint density at radius 3 is 2.48 bits per heavy atom. The van der Waals surface area contributed by atoms with Crippen molar-refractivity contribution in [2.24, 2.45) is 10.4 Å². The average molecular weight is 488 g/mol. The lowest BCUT2D eigenvalue weighted by Crippen LogP contribution is -2.49. The van der Waals surface area contributed by atoms with Crippen LogP contribution in [-0.4, -0.2) is 62.8 Å². The molecule has 1 atom stereocenters. The van der Waals surface area contributed by atoms with E-state index < -0.39 is 0 Å². The van der Waals surface area contributed by atoms with E-state index in [0.29, 0.717) is 6.04 Å². The van der Waals surface area contributed by atoms with Crippen LogP contribution in [0.25, 0.3) is 0 Å². The molecular weight excluding hydrogens is 451 g/mol. The Morgan fingerprint density at radius 2 is 1.85 bits per heavy atom. The number of guanidine groups is 1. The number of nitrogens with zero attached hydrogens (tertiary/aromatic N) is 2. The van der Waals surface area contributed by atoms with Crippen LogP contribution in [0.15, 0.2) is 35.3 Å². The van der Waals surface area contributed by atoms with Crippen molar-refractivity contribution in [3.05, 3.63) is 35.9 Å². The predicted molar refractivity (Wildman–Crippen MR) is 125 cm³/mol. The molecule has 6 heteroatoms. The zero-order valence-electron chi connectivity index (χ0n) is 17.3. The van der Waals surface area contributed by atoms with E-state index >= 15 is 0 Å². The molecule has 1 unspecified atom stereocenters. The Bertz CT molecular complexity index is 544. The largest absolute Gasteiger partial charge is 0.379 e. The van der Waals surface area contributed by atoms with E-state index in [1.807, 2.05) is 0 Å². The normalized spacial score (nSPS) is 17.1. The fraction of sp³-hybridized carbons (Fsp3) is 0.667. The van der Waals surface area contributed by atoms with E-state index in [9.17, 15) is 0 Å². The molecule has 0 bridgehead atoms. The summed E-state index contributed by atoms with van der Waals surface area (Å²) in [6, 6.07) is 11.1. The van der Waals surface area contributed by atoms with Crippen LogP contribution in [0, 0.1) is 5.41 Å². The Hall–Kier alpha value is -0.860. The molecule has 5 nitrogen and oxygen atoms in total. The lowest BCUT2D eigenvalue weighted by molar-refractivity contribution is 0.0211. The summed E-state index contributed by atoms with van der Waals surface area (Å²) in [7, 11) is 0. The monoisotopic (exact) mass is 488 g/mol. The lowest BCUT2D eigenvalue weighted by atomic mass is 9.86. The molecule has 0 aromatic heterocycles. The molecular formula is C21H37IN4O. The average Bonchev–Trinajstić information content (AvgIpc) is 2.65. The molecule has 1 aliphatic rings. The fourth-order valence-electron chi connectivity index (χ4n) is 3.23. The molecule has 1 aromatic rings.